The summed E-state index contributed by atoms with van der Waals surface area (Å²) in [7, 11) is -3.65. The number of phenols is 1. The van der Waals surface area contributed by atoms with E-state index in [-0.39, 0.29) is 11.7 Å². The lowest BCUT2D eigenvalue weighted by Crippen LogP contribution is -2.31. The highest BCUT2D eigenvalue weighted by molar-refractivity contribution is 7.90. The fourth-order valence-corrected chi connectivity index (χ4v) is 2.35. The van der Waals surface area contributed by atoms with Crippen molar-refractivity contribution in [2.45, 2.75) is 18.9 Å². The normalized spacial score (nSPS) is 16.1. The molecule has 5 nitrogen and oxygen atoms in total. The molecule has 1 aromatic carbocycles. The van der Waals surface area contributed by atoms with Gasteiger partial charge in [0.05, 0.1) is 5.69 Å². The molecule has 0 spiro atoms. The monoisotopic (exact) mass is 246 g/mol. The van der Waals surface area contributed by atoms with E-state index in [1.807, 2.05) is 0 Å². The number of rotatable bonds is 4. The van der Waals surface area contributed by atoms with Crippen molar-refractivity contribution in [3.8, 4) is 5.75 Å². The highest BCUT2D eigenvalue weighted by atomic mass is 32.2. The minimum atomic E-state index is -3.65. The van der Waals surface area contributed by atoms with Crippen LogP contribution in [0.15, 0.2) is 18.2 Å². The molecule has 1 aliphatic rings. The smallest absolute Gasteiger partial charge is 0.299 e. The van der Waals surface area contributed by atoms with E-state index in [0.717, 1.165) is 25.0 Å². The average molecular weight is 246 g/mol. The zero-order chi connectivity index (χ0) is 11.8. The van der Waals surface area contributed by atoms with Gasteiger partial charge in [0.25, 0.3) is 10.2 Å². The number of aromatic hydroxyl groups is 1. The lowest BCUT2D eigenvalue weighted by molar-refractivity contribution is 0.432. The number of phenolic OH excluding ortho intramolecular Hbond substituents is 1. The molecule has 0 unspecified atom stereocenters. The van der Waals surface area contributed by atoms with Crippen LogP contribution in [0.4, 0.5) is 10.1 Å². The topological polar surface area (TPSA) is 78.4 Å². The van der Waals surface area contributed by atoms with Crippen molar-refractivity contribution in [3.05, 3.63) is 24.0 Å². The number of anilines is 1. The van der Waals surface area contributed by atoms with Gasteiger partial charge < -0.3 is 5.11 Å². The fraction of sp³-hybridized carbons (Fsp3) is 0.333. The quantitative estimate of drug-likeness (QED) is 0.692. The summed E-state index contributed by atoms with van der Waals surface area (Å²) in [6.07, 6.45) is 1.65. The third-order valence-electron chi connectivity index (χ3n) is 2.10. The van der Waals surface area contributed by atoms with Crippen molar-refractivity contribution >= 4 is 15.9 Å². The summed E-state index contributed by atoms with van der Waals surface area (Å²) in [5.74, 6) is -1.38. The van der Waals surface area contributed by atoms with Crippen LogP contribution in [0, 0.1) is 5.82 Å². The molecule has 0 aliphatic heterocycles. The van der Waals surface area contributed by atoms with Crippen LogP contribution in [-0.2, 0) is 10.2 Å². The minimum absolute atomic E-state index is 0.0144. The standard InChI is InChI=1S/C9H11FN2O3S/c10-8-5-7(3-4-9(8)13)12-16(14,15)11-6-1-2-6/h3-6,11-13H,1-2H2. The van der Waals surface area contributed by atoms with E-state index in [1.165, 1.54) is 6.07 Å². The van der Waals surface area contributed by atoms with Crippen molar-refractivity contribution in [2.75, 3.05) is 4.72 Å². The van der Waals surface area contributed by atoms with Gasteiger partial charge in [0.2, 0.25) is 0 Å². The average Bonchev–Trinajstić information content (AvgIpc) is 2.94. The number of hydrogen-bond donors (Lipinski definition) is 3. The van der Waals surface area contributed by atoms with Crippen LogP contribution in [0.1, 0.15) is 12.8 Å². The first kappa shape index (κ1) is 11.2. The van der Waals surface area contributed by atoms with Gasteiger partial charge in [-0.05, 0) is 25.0 Å². The summed E-state index contributed by atoms with van der Waals surface area (Å²) >= 11 is 0. The Kier molecular flexibility index (Phi) is 2.73. The largest absolute Gasteiger partial charge is 0.505 e. The first-order valence-electron chi connectivity index (χ1n) is 4.75. The molecule has 0 aromatic heterocycles. The predicted molar refractivity (Wildman–Crippen MR) is 56.8 cm³/mol. The van der Waals surface area contributed by atoms with Gasteiger partial charge >= 0.3 is 0 Å². The van der Waals surface area contributed by atoms with E-state index >= 15 is 0 Å². The van der Waals surface area contributed by atoms with E-state index in [1.54, 1.807) is 0 Å². The first-order chi connectivity index (χ1) is 7.46. The van der Waals surface area contributed by atoms with Gasteiger partial charge in [-0.25, -0.2) is 4.39 Å². The molecule has 0 atom stereocenters. The second-order valence-corrected chi connectivity index (χ2v) is 5.11. The Balaban J connectivity index is 2.10. The molecule has 16 heavy (non-hydrogen) atoms. The minimum Gasteiger partial charge on any atom is -0.505 e. The van der Waals surface area contributed by atoms with Gasteiger partial charge in [-0.1, -0.05) is 0 Å². The molecule has 3 N–H and O–H groups in total. The molecular weight excluding hydrogens is 235 g/mol. The molecule has 0 bridgehead atoms. The predicted octanol–water partition coefficient (Wildman–Crippen LogP) is 0.940. The second-order valence-electron chi connectivity index (χ2n) is 3.66. The van der Waals surface area contributed by atoms with Crippen LogP contribution in [0.3, 0.4) is 0 Å². The van der Waals surface area contributed by atoms with Crippen LogP contribution >= 0.6 is 0 Å². The van der Waals surface area contributed by atoms with Crippen LogP contribution in [0.5, 0.6) is 5.75 Å². The molecular formula is C9H11FN2O3S. The molecule has 7 heteroatoms. The Bertz CT molecular complexity index is 499. The third kappa shape index (κ3) is 2.83. The summed E-state index contributed by atoms with van der Waals surface area (Å²) < 4.78 is 40.4. The number of benzene rings is 1. The Labute approximate surface area is 92.5 Å². The van der Waals surface area contributed by atoms with Gasteiger partial charge in [0, 0.05) is 12.1 Å². The molecule has 1 aromatic rings. The second kappa shape index (κ2) is 3.91. The van der Waals surface area contributed by atoms with Crippen LogP contribution in [0.25, 0.3) is 0 Å². The molecule has 0 saturated heterocycles. The first-order valence-corrected chi connectivity index (χ1v) is 6.23. The van der Waals surface area contributed by atoms with Gasteiger partial charge in [0.15, 0.2) is 11.6 Å². The third-order valence-corrected chi connectivity index (χ3v) is 3.25. The fourth-order valence-electron chi connectivity index (χ4n) is 1.18. The van der Waals surface area contributed by atoms with Gasteiger partial charge in [-0.15, -0.1) is 0 Å². The van der Waals surface area contributed by atoms with Crippen molar-refractivity contribution in [1.29, 1.82) is 0 Å². The zero-order valence-electron chi connectivity index (χ0n) is 8.27. The van der Waals surface area contributed by atoms with Crippen molar-refractivity contribution in [2.24, 2.45) is 0 Å². The molecule has 88 valence electrons. The zero-order valence-corrected chi connectivity index (χ0v) is 9.09. The highest BCUT2D eigenvalue weighted by Crippen LogP contribution is 2.22. The SMILES string of the molecule is O=S(=O)(Nc1ccc(O)c(F)c1)NC1CC1. The summed E-state index contributed by atoms with van der Waals surface area (Å²) in [6, 6.07) is 3.27. The van der Waals surface area contributed by atoms with Gasteiger partial charge in [-0.3, -0.25) is 4.72 Å². The summed E-state index contributed by atoms with van der Waals surface area (Å²) in [5.41, 5.74) is 0.0726. The Hall–Kier alpha value is -1.34. The van der Waals surface area contributed by atoms with E-state index in [2.05, 4.69) is 9.44 Å². The summed E-state index contributed by atoms with van der Waals surface area (Å²) in [4.78, 5) is 0. The van der Waals surface area contributed by atoms with Crippen LogP contribution in [-0.4, -0.2) is 19.6 Å². The molecule has 0 heterocycles. The van der Waals surface area contributed by atoms with E-state index in [0.29, 0.717) is 0 Å². The van der Waals surface area contributed by atoms with Crippen LogP contribution in [0.2, 0.25) is 0 Å². The van der Waals surface area contributed by atoms with E-state index < -0.39 is 21.8 Å². The molecule has 1 saturated carbocycles. The number of halogens is 1. The van der Waals surface area contributed by atoms with Crippen molar-refractivity contribution in [1.82, 2.24) is 4.72 Å². The van der Waals surface area contributed by atoms with E-state index in [9.17, 15) is 12.8 Å². The molecule has 0 amide bonds. The van der Waals surface area contributed by atoms with E-state index in [4.69, 9.17) is 5.11 Å². The van der Waals surface area contributed by atoms with Gasteiger partial charge in [-0.2, -0.15) is 13.1 Å². The Morgan fingerprint density at radius 2 is 2.06 bits per heavy atom. The van der Waals surface area contributed by atoms with Crippen LogP contribution < -0.4 is 9.44 Å². The Morgan fingerprint density at radius 3 is 2.62 bits per heavy atom. The lowest BCUT2D eigenvalue weighted by Gasteiger charge is -2.08. The molecule has 1 fully saturated rings. The van der Waals surface area contributed by atoms with Crippen molar-refractivity contribution < 1.29 is 17.9 Å². The number of nitrogens with one attached hydrogen (secondary N) is 2. The molecule has 2 rings (SSSR count). The highest BCUT2D eigenvalue weighted by Gasteiger charge is 2.26. The number of hydrogen-bond acceptors (Lipinski definition) is 3. The maximum absolute atomic E-state index is 12.9. The molecule has 1 aliphatic carbocycles. The summed E-state index contributed by atoms with van der Waals surface area (Å²) in [5, 5.41) is 8.93. The lowest BCUT2D eigenvalue weighted by atomic mass is 10.3. The Morgan fingerprint density at radius 1 is 1.38 bits per heavy atom. The van der Waals surface area contributed by atoms with Gasteiger partial charge in [0.1, 0.15) is 0 Å². The maximum atomic E-state index is 12.9. The van der Waals surface area contributed by atoms with Crippen molar-refractivity contribution in [3.63, 3.8) is 0 Å². The molecule has 0 radical (unpaired) electrons. The summed E-state index contributed by atoms with van der Waals surface area (Å²) in [6.45, 7) is 0. The maximum Gasteiger partial charge on any atom is 0.299 e.